The van der Waals surface area contributed by atoms with E-state index < -0.39 is 22.6 Å². The number of ether oxygens (including phenoxy) is 1. The SMILES string of the molecule is CCCCNC(=O)C1N(CCCO)C(=O)[C@@H]2[C@@H](C(=O)Nc3ccc(OCC)cc3)[C@H]3CC(C)C12S3. The Hall–Kier alpha value is -2.26. The summed E-state index contributed by atoms with van der Waals surface area (Å²) < 4.78 is 4.85. The Kier molecular flexibility index (Phi) is 7.96. The molecule has 2 bridgehead atoms. The summed E-state index contributed by atoms with van der Waals surface area (Å²) in [5.41, 5.74) is 0.657. The number of benzene rings is 1. The minimum absolute atomic E-state index is 0.00687. The van der Waals surface area contributed by atoms with E-state index in [9.17, 15) is 19.5 Å². The molecule has 1 aromatic rings. The van der Waals surface area contributed by atoms with Crippen LogP contribution in [0.4, 0.5) is 5.69 Å². The number of carbonyl (C=O) groups excluding carboxylic acids is 3. The quantitative estimate of drug-likeness (QED) is 0.401. The van der Waals surface area contributed by atoms with Crippen molar-refractivity contribution in [1.82, 2.24) is 10.2 Å². The molecule has 6 atom stereocenters. The van der Waals surface area contributed by atoms with Crippen molar-refractivity contribution in [1.29, 1.82) is 0 Å². The van der Waals surface area contributed by atoms with E-state index in [1.807, 2.05) is 19.1 Å². The Bertz CT molecular complexity index is 941. The summed E-state index contributed by atoms with van der Waals surface area (Å²) in [6.45, 7) is 7.48. The molecular formula is C26H37N3O5S. The number of thioether (sulfide) groups is 1. The predicted octanol–water partition coefficient (Wildman–Crippen LogP) is 2.66. The number of hydrogen-bond donors (Lipinski definition) is 3. The van der Waals surface area contributed by atoms with Crippen molar-refractivity contribution in [3.63, 3.8) is 0 Å². The largest absolute Gasteiger partial charge is 0.494 e. The molecular weight excluding hydrogens is 466 g/mol. The summed E-state index contributed by atoms with van der Waals surface area (Å²) in [6.07, 6.45) is 3.03. The Morgan fingerprint density at radius 2 is 1.94 bits per heavy atom. The Balaban J connectivity index is 1.60. The minimum Gasteiger partial charge on any atom is -0.494 e. The lowest BCUT2D eigenvalue weighted by Crippen LogP contribution is -2.56. The van der Waals surface area contributed by atoms with E-state index in [0.29, 0.717) is 31.8 Å². The number of anilines is 1. The number of hydrogen-bond acceptors (Lipinski definition) is 6. The van der Waals surface area contributed by atoms with Crippen LogP contribution in [0.15, 0.2) is 24.3 Å². The maximum Gasteiger partial charge on any atom is 0.244 e. The minimum atomic E-state index is -0.631. The number of likely N-dealkylation sites (tertiary alicyclic amines) is 1. The lowest BCUT2D eigenvalue weighted by Gasteiger charge is -2.38. The molecule has 0 saturated carbocycles. The fourth-order valence-corrected chi connectivity index (χ4v) is 8.54. The number of aliphatic hydroxyl groups excluding tert-OH is 1. The molecule has 3 unspecified atom stereocenters. The molecule has 35 heavy (non-hydrogen) atoms. The number of nitrogens with one attached hydrogen (secondary N) is 2. The average Bonchev–Trinajstić information content (AvgIpc) is 3.43. The van der Waals surface area contributed by atoms with Crippen LogP contribution in [0.5, 0.6) is 5.75 Å². The van der Waals surface area contributed by atoms with Crippen LogP contribution in [0.3, 0.4) is 0 Å². The first-order valence-corrected chi connectivity index (χ1v) is 13.7. The van der Waals surface area contributed by atoms with Gasteiger partial charge in [-0.05, 0) is 56.4 Å². The third kappa shape index (κ3) is 4.53. The zero-order valence-electron chi connectivity index (χ0n) is 20.8. The highest BCUT2D eigenvalue weighted by atomic mass is 32.2. The van der Waals surface area contributed by atoms with Crippen LogP contribution in [0, 0.1) is 17.8 Å². The number of rotatable bonds is 11. The number of fused-ring (bicyclic) bond motifs is 1. The number of nitrogens with zero attached hydrogens (tertiary/aromatic N) is 1. The molecule has 3 heterocycles. The summed E-state index contributed by atoms with van der Waals surface area (Å²) in [6, 6.07) is 6.60. The van der Waals surface area contributed by atoms with Gasteiger partial charge in [0.05, 0.1) is 23.2 Å². The van der Waals surface area contributed by atoms with Crippen LogP contribution in [-0.2, 0) is 14.4 Å². The molecule has 3 saturated heterocycles. The molecule has 8 nitrogen and oxygen atoms in total. The molecule has 4 rings (SSSR count). The van der Waals surface area contributed by atoms with Crippen LogP contribution in [0.1, 0.15) is 46.5 Å². The summed E-state index contributed by atoms with van der Waals surface area (Å²) in [7, 11) is 0. The van der Waals surface area contributed by atoms with Crippen LogP contribution in [0.2, 0.25) is 0 Å². The van der Waals surface area contributed by atoms with Crippen molar-refractivity contribution in [3.05, 3.63) is 24.3 Å². The summed E-state index contributed by atoms with van der Waals surface area (Å²) >= 11 is 1.66. The van der Waals surface area contributed by atoms with Gasteiger partial charge in [-0.1, -0.05) is 20.3 Å². The average molecular weight is 504 g/mol. The van der Waals surface area contributed by atoms with Gasteiger partial charge in [0.25, 0.3) is 0 Å². The van der Waals surface area contributed by atoms with Crippen molar-refractivity contribution >= 4 is 35.2 Å². The van der Waals surface area contributed by atoms with E-state index in [4.69, 9.17) is 4.74 Å². The summed E-state index contributed by atoms with van der Waals surface area (Å²) in [5.74, 6) is -0.640. The molecule has 0 aromatic heterocycles. The first-order valence-electron chi connectivity index (χ1n) is 12.8. The second-order valence-corrected chi connectivity index (χ2v) is 11.3. The first-order chi connectivity index (χ1) is 16.9. The fraction of sp³-hybridized carbons (Fsp3) is 0.654. The fourth-order valence-electron chi connectivity index (χ4n) is 6.11. The smallest absolute Gasteiger partial charge is 0.244 e. The topological polar surface area (TPSA) is 108 Å². The van der Waals surface area contributed by atoms with Gasteiger partial charge in [-0.25, -0.2) is 0 Å². The number of aliphatic hydroxyl groups is 1. The molecule has 3 amide bonds. The van der Waals surface area contributed by atoms with Gasteiger partial charge >= 0.3 is 0 Å². The van der Waals surface area contributed by atoms with Gasteiger partial charge in [0.2, 0.25) is 17.7 Å². The standard InChI is InChI=1S/C26H37N3O5S/c1-4-6-12-27-24(32)22-26-16(3)15-19(35-26)20(21(26)25(33)29(22)13-7-14-30)23(31)28-17-8-10-18(11-9-17)34-5-2/h8-11,16,19-22,30H,4-7,12-15H2,1-3H3,(H,27,32)(H,28,31)/t16?,19-,20+,21+,22?,26?/m1/s1. The zero-order chi connectivity index (χ0) is 25.2. The molecule has 3 fully saturated rings. The van der Waals surface area contributed by atoms with E-state index in [1.54, 1.807) is 28.8 Å². The van der Waals surface area contributed by atoms with Crippen LogP contribution >= 0.6 is 11.8 Å². The van der Waals surface area contributed by atoms with Gasteiger partial charge < -0.3 is 25.4 Å². The molecule has 1 spiro atoms. The summed E-state index contributed by atoms with van der Waals surface area (Å²) in [5, 5.41) is 15.5. The van der Waals surface area contributed by atoms with Crippen molar-refractivity contribution in [2.24, 2.45) is 17.8 Å². The van der Waals surface area contributed by atoms with E-state index >= 15 is 0 Å². The van der Waals surface area contributed by atoms with Crippen molar-refractivity contribution in [2.75, 3.05) is 31.6 Å². The van der Waals surface area contributed by atoms with E-state index in [2.05, 4.69) is 24.5 Å². The van der Waals surface area contributed by atoms with Gasteiger partial charge in [-0.15, -0.1) is 11.8 Å². The normalized spacial score (nSPS) is 30.9. The van der Waals surface area contributed by atoms with Crippen LogP contribution < -0.4 is 15.4 Å². The van der Waals surface area contributed by atoms with Crippen molar-refractivity contribution in [3.8, 4) is 5.75 Å². The molecule has 3 aliphatic rings. The molecule has 9 heteroatoms. The molecule has 3 N–H and O–H groups in total. The lowest BCUT2D eigenvalue weighted by atomic mass is 9.66. The third-order valence-electron chi connectivity index (χ3n) is 7.62. The van der Waals surface area contributed by atoms with Gasteiger partial charge in [0, 0.05) is 30.6 Å². The maximum absolute atomic E-state index is 13.8. The highest BCUT2D eigenvalue weighted by Crippen LogP contribution is 2.68. The number of unbranched alkanes of at least 4 members (excludes halogenated alkanes) is 1. The Morgan fingerprint density at radius 3 is 2.60 bits per heavy atom. The third-order valence-corrected chi connectivity index (χ3v) is 9.69. The number of amides is 3. The predicted molar refractivity (Wildman–Crippen MR) is 136 cm³/mol. The highest BCUT2D eigenvalue weighted by Gasteiger charge is 2.75. The van der Waals surface area contributed by atoms with Crippen LogP contribution in [-0.4, -0.2) is 70.1 Å². The second kappa shape index (κ2) is 10.8. The lowest BCUT2D eigenvalue weighted by molar-refractivity contribution is -0.139. The Labute approximate surface area is 211 Å². The molecule has 3 aliphatic heterocycles. The van der Waals surface area contributed by atoms with Gasteiger partial charge in [-0.2, -0.15) is 0 Å². The molecule has 0 radical (unpaired) electrons. The maximum atomic E-state index is 13.8. The first kappa shape index (κ1) is 25.8. The van der Waals surface area contributed by atoms with Gasteiger partial charge in [-0.3, -0.25) is 14.4 Å². The second-order valence-electron chi connectivity index (χ2n) is 9.75. The van der Waals surface area contributed by atoms with E-state index in [-0.39, 0.29) is 35.5 Å². The molecule has 1 aromatic carbocycles. The number of carbonyl (C=O) groups is 3. The van der Waals surface area contributed by atoms with Crippen molar-refractivity contribution in [2.45, 2.75) is 62.5 Å². The zero-order valence-corrected chi connectivity index (χ0v) is 21.6. The molecule has 192 valence electrons. The van der Waals surface area contributed by atoms with E-state index in [0.717, 1.165) is 25.0 Å². The Morgan fingerprint density at radius 1 is 1.20 bits per heavy atom. The summed E-state index contributed by atoms with van der Waals surface area (Å²) in [4.78, 5) is 42.5. The van der Waals surface area contributed by atoms with Crippen molar-refractivity contribution < 1.29 is 24.2 Å². The van der Waals surface area contributed by atoms with Gasteiger partial charge in [0.15, 0.2) is 0 Å². The highest BCUT2D eigenvalue weighted by molar-refractivity contribution is 8.02. The van der Waals surface area contributed by atoms with Gasteiger partial charge in [0.1, 0.15) is 11.8 Å². The van der Waals surface area contributed by atoms with E-state index in [1.165, 1.54) is 0 Å². The monoisotopic (exact) mass is 503 g/mol. The van der Waals surface area contributed by atoms with Crippen LogP contribution in [0.25, 0.3) is 0 Å². The molecule has 0 aliphatic carbocycles.